The fourth-order valence-corrected chi connectivity index (χ4v) is 2.92. The van der Waals surface area contributed by atoms with E-state index in [9.17, 15) is 4.79 Å². The summed E-state index contributed by atoms with van der Waals surface area (Å²) in [5.41, 5.74) is 1.27. The van der Waals surface area contributed by atoms with Crippen molar-refractivity contribution in [3.05, 3.63) is 18.2 Å². The van der Waals surface area contributed by atoms with E-state index in [-0.39, 0.29) is 11.9 Å². The van der Waals surface area contributed by atoms with Crippen molar-refractivity contribution in [3.8, 4) is 0 Å². The van der Waals surface area contributed by atoms with Gasteiger partial charge in [0.25, 0.3) is 0 Å². The highest BCUT2D eigenvalue weighted by Gasteiger charge is 2.29. The molecule has 19 heavy (non-hydrogen) atoms. The number of carbonyl (C=O) groups is 1. The van der Waals surface area contributed by atoms with Crippen LogP contribution in [0.5, 0.6) is 0 Å². The largest absolute Gasteiger partial charge is 0.469 e. The summed E-state index contributed by atoms with van der Waals surface area (Å²) < 4.78 is 7.16. The first-order chi connectivity index (χ1) is 9.28. The molecule has 5 heteroatoms. The van der Waals surface area contributed by atoms with Gasteiger partial charge in [-0.05, 0) is 32.2 Å². The molecule has 1 saturated heterocycles. The summed E-state index contributed by atoms with van der Waals surface area (Å²) in [6, 6.07) is 0.665. The first kappa shape index (κ1) is 12.7. The standard InChI is InChI=1S/C14H21N3O2/c1-19-14(18)11-3-2-6-16(8-11)9-13-7-15-10-17(13)12-4-5-12/h7,10-12H,2-6,8-9H2,1H3. The molecule has 1 aromatic rings. The fourth-order valence-electron chi connectivity index (χ4n) is 2.92. The molecule has 1 saturated carbocycles. The van der Waals surface area contributed by atoms with Crippen LogP contribution in [0.1, 0.15) is 37.4 Å². The predicted molar refractivity (Wildman–Crippen MR) is 70.5 cm³/mol. The molecular weight excluding hydrogens is 242 g/mol. The Bertz CT molecular complexity index is 453. The quantitative estimate of drug-likeness (QED) is 0.774. The van der Waals surface area contributed by atoms with Crippen LogP contribution in [0.15, 0.2) is 12.5 Å². The Morgan fingerprint density at radius 3 is 3.05 bits per heavy atom. The minimum atomic E-state index is -0.0691. The average molecular weight is 263 g/mol. The molecule has 5 nitrogen and oxygen atoms in total. The number of rotatable bonds is 4. The Hall–Kier alpha value is -1.36. The van der Waals surface area contributed by atoms with Gasteiger partial charge in [-0.25, -0.2) is 4.98 Å². The maximum Gasteiger partial charge on any atom is 0.309 e. The number of carbonyl (C=O) groups excluding carboxylic acids is 1. The SMILES string of the molecule is COC(=O)C1CCCN(Cc2cncn2C2CC2)C1. The Morgan fingerprint density at radius 1 is 1.47 bits per heavy atom. The molecule has 1 atom stereocenters. The van der Waals surface area contributed by atoms with E-state index >= 15 is 0 Å². The zero-order valence-corrected chi connectivity index (χ0v) is 11.4. The number of aromatic nitrogens is 2. The summed E-state index contributed by atoms with van der Waals surface area (Å²) in [6.45, 7) is 2.76. The maximum absolute atomic E-state index is 11.6. The van der Waals surface area contributed by atoms with Crippen molar-refractivity contribution in [1.82, 2.24) is 14.5 Å². The van der Waals surface area contributed by atoms with Crippen LogP contribution >= 0.6 is 0 Å². The van der Waals surface area contributed by atoms with E-state index in [4.69, 9.17) is 4.74 Å². The lowest BCUT2D eigenvalue weighted by atomic mass is 9.98. The molecule has 2 aliphatic rings. The Labute approximate surface area is 113 Å². The summed E-state index contributed by atoms with van der Waals surface area (Å²) in [7, 11) is 1.48. The molecule has 0 radical (unpaired) electrons. The zero-order valence-electron chi connectivity index (χ0n) is 11.4. The summed E-state index contributed by atoms with van der Waals surface area (Å²) >= 11 is 0. The molecule has 0 aromatic carbocycles. The van der Waals surface area contributed by atoms with Crippen molar-refractivity contribution in [1.29, 1.82) is 0 Å². The van der Waals surface area contributed by atoms with E-state index in [0.29, 0.717) is 6.04 Å². The van der Waals surface area contributed by atoms with Gasteiger partial charge in [0.05, 0.1) is 25.0 Å². The summed E-state index contributed by atoms with van der Waals surface area (Å²) in [6.07, 6.45) is 8.46. The minimum absolute atomic E-state index is 0.0380. The third-order valence-electron chi connectivity index (χ3n) is 4.11. The van der Waals surface area contributed by atoms with Gasteiger partial charge in [-0.15, -0.1) is 0 Å². The molecule has 0 N–H and O–H groups in total. The van der Waals surface area contributed by atoms with Crippen LogP contribution in [0.2, 0.25) is 0 Å². The minimum Gasteiger partial charge on any atom is -0.469 e. The van der Waals surface area contributed by atoms with E-state index in [0.717, 1.165) is 32.5 Å². The first-order valence-electron chi connectivity index (χ1n) is 7.09. The number of imidazole rings is 1. The molecular formula is C14H21N3O2. The second-order valence-corrected chi connectivity index (χ2v) is 5.62. The van der Waals surface area contributed by atoms with Gasteiger partial charge in [0.1, 0.15) is 0 Å². The number of likely N-dealkylation sites (tertiary alicyclic amines) is 1. The Morgan fingerprint density at radius 2 is 2.32 bits per heavy atom. The molecule has 1 aliphatic carbocycles. The van der Waals surface area contributed by atoms with Gasteiger partial charge in [0.2, 0.25) is 0 Å². The van der Waals surface area contributed by atoms with E-state index in [2.05, 4.69) is 14.5 Å². The highest BCUT2D eigenvalue weighted by molar-refractivity contribution is 5.72. The normalized spacial score (nSPS) is 24.4. The van der Waals surface area contributed by atoms with Gasteiger partial charge in [-0.2, -0.15) is 0 Å². The van der Waals surface area contributed by atoms with Crippen LogP contribution in [0.4, 0.5) is 0 Å². The molecule has 2 heterocycles. The number of hydrogen-bond donors (Lipinski definition) is 0. The van der Waals surface area contributed by atoms with E-state index in [1.165, 1.54) is 25.6 Å². The molecule has 2 fully saturated rings. The third kappa shape index (κ3) is 2.81. The van der Waals surface area contributed by atoms with Crippen LogP contribution < -0.4 is 0 Å². The number of hydrogen-bond acceptors (Lipinski definition) is 4. The Balaban J connectivity index is 1.62. The number of esters is 1. The maximum atomic E-state index is 11.6. The van der Waals surface area contributed by atoms with Crippen LogP contribution in [0.3, 0.4) is 0 Å². The number of ether oxygens (including phenoxy) is 1. The smallest absolute Gasteiger partial charge is 0.309 e. The molecule has 1 unspecified atom stereocenters. The summed E-state index contributed by atoms with van der Waals surface area (Å²) in [4.78, 5) is 18.2. The van der Waals surface area contributed by atoms with E-state index in [1.54, 1.807) is 0 Å². The van der Waals surface area contributed by atoms with Gasteiger partial charge in [0, 0.05) is 25.3 Å². The van der Waals surface area contributed by atoms with Crippen LogP contribution in [0, 0.1) is 5.92 Å². The number of nitrogens with zero attached hydrogens (tertiary/aromatic N) is 3. The third-order valence-corrected chi connectivity index (χ3v) is 4.11. The van der Waals surface area contributed by atoms with Gasteiger partial charge >= 0.3 is 5.97 Å². The number of piperidine rings is 1. The molecule has 0 spiro atoms. The molecule has 0 bridgehead atoms. The lowest BCUT2D eigenvalue weighted by Gasteiger charge is -2.31. The van der Waals surface area contributed by atoms with E-state index < -0.39 is 0 Å². The van der Waals surface area contributed by atoms with E-state index in [1.807, 2.05) is 12.5 Å². The zero-order chi connectivity index (χ0) is 13.2. The molecule has 3 rings (SSSR count). The molecule has 0 amide bonds. The predicted octanol–water partition coefficient (Wildman–Crippen LogP) is 1.60. The van der Waals surface area contributed by atoms with Crippen molar-refractivity contribution in [2.24, 2.45) is 5.92 Å². The molecule has 1 aliphatic heterocycles. The van der Waals surface area contributed by atoms with Crippen molar-refractivity contribution in [2.75, 3.05) is 20.2 Å². The van der Waals surface area contributed by atoms with Crippen molar-refractivity contribution in [3.63, 3.8) is 0 Å². The van der Waals surface area contributed by atoms with Crippen molar-refractivity contribution >= 4 is 5.97 Å². The number of methoxy groups -OCH3 is 1. The second kappa shape index (κ2) is 5.33. The Kier molecular flexibility index (Phi) is 3.55. The summed E-state index contributed by atoms with van der Waals surface area (Å²) in [5.74, 6) is -0.0311. The van der Waals surface area contributed by atoms with Gasteiger partial charge in [-0.1, -0.05) is 0 Å². The van der Waals surface area contributed by atoms with Gasteiger partial charge < -0.3 is 9.30 Å². The highest BCUT2D eigenvalue weighted by Crippen LogP contribution is 2.36. The van der Waals surface area contributed by atoms with Gasteiger partial charge in [0.15, 0.2) is 0 Å². The van der Waals surface area contributed by atoms with Crippen molar-refractivity contribution in [2.45, 2.75) is 38.3 Å². The van der Waals surface area contributed by atoms with Gasteiger partial charge in [-0.3, -0.25) is 9.69 Å². The molecule has 104 valence electrons. The molecule has 1 aromatic heterocycles. The van der Waals surface area contributed by atoms with Crippen LogP contribution in [-0.4, -0.2) is 40.6 Å². The topological polar surface area (TPSA) is 47.4 Å². The fraction of sp³-hybridized carbons (Fsp3) is 0.714. The highest BCUT2D eigenvalue weighted by atomic mass is 16.5. The first-order valence-corrected chi connectivity index (χ1v) is 7.09. The van der Waals surface area contributed by atoms with Crippen molar-refractivity contribution < 1.29 is 9.53 Å². The second-order valence-electron chi connectivity index (χ2n) is 5.62. The van der Waals surface area contributed by atoms with Crippen LogP contribution in [0.25, 0.3) is 0 Å². The lowest BCUT2D eigenvalue weighted by Crippen LogP contribution is -2.39. The monoisotopic (exact) mass is 263 g/mol. The van der Waals surface area contributed by atoms with Crippen LogP contribution in [-0.2, 0) is 16.1 Å². The lowest BCUT2D eigenvalue weighted by molar-refractivity contribution is -0.147. The summed E-state index contributed by atoms with van der Waals surface area (Å²) in [5, 5.41) is 0. The average Bonchev–Trinajstić information content (AvgIpc) is 3.19.